The fourth-order valence-electron chi connectivity index (χ4n) is 2.68. The lowest BCUT2D eigenvalue weighted by molar-refractivity contribution is -0.118. The van der Waals surface area contributed by atoms with Crippen LogP contribution in [0.15, 0.2) is 24.4 Å². The quantitative estimate of drug-likeness (QED) is 0.776. The highest BCUT2D eigenvalue weighted by molar-refractivity contribution is 6.06. The van der Waals surface area contributed by atoms with Gasteiger partial charge in [-0.05, 0) is 24.6 Å². The molecule has 0 spiro atoms. The van der Waals surface area contributed by atoms with Crippen LogP contribution >= 0.6 is 0 Å². The molecule has 0 radical (unpaired) electrons. The van der Waals surface area contributed by atoms with Gasteiger partial charge in [-0.1, -0.05) is 0 Å². The number of nitrogens with one attached hydrogen (secondary N) is 3. The number of anilines is 3. The van der Waals surface area contributed by atoms with E-state index >= 15 is 0 Å². The molecule has 0 bridgehead atoms. The van der Waals surface area contributed by atoms with Crippen LogP contribution in [0.25, 0.3) is 0 Å². The van der Waals surface area contributed by atoms with Gasteiger partial charge in [0.2, 0.25) is 0 Å². The van der Waals surface area contributed by atoms with Crippen molar-refractivity contribution in [3.63, 3.8) is 0 Å². The number of aryl methyl sites for hydroxylation is 1. The van der Waals surface area contributed by atoms with Gasteiger partial charge in [-0.25, -0.2) is 4.68 Å². The molecule has 0 unspecified atom stereocenters. The second-order valence-corrected chi connectivity index (χ2v) is 5.41. The van der Waals surface area contributed by atoms with Crippen molar-refractivity contribution in [2.24, 2.45) is 0 Å². The lowest BCUT2D eigenvalue weighted by Crippen LogP contribution is -2.25. The third kappa shape index (κ3) is 2.48. The molecular formula is C15H15N5O3. The summed E-state index contributed by atoms with van der Waals surface area (Å²) >= 11 is 0. The molecule has 0 saturated heterocycles. The van der Waals surface area contributed by atoms with E-state index in [4.69, 9.17) is 4.74 Å². The first-order valence-corrected chi connectivity index (χ1v) is 7.38. The van der Waals surface area contributed by atoms with Crippen molar-refractivity contribution in [2.45, 2.75) is 13.0 Å². The SMILES string of the molecule is O=C1COc2cc(C(=O)Nc3cnn4c3NCCC4)ccc2N1. The zero-order valence-corrected chi connectivity index (χ0v) is 12.3. The highest BCUT2D eigenvalue weighted by Gasteiger charge is 2.20. The Labute approximate surface area is 131 Å². The number of amides is 2. The summed E-state index contributed by atoms with van der Waals surface area (Å²) < 4.78 is 7.17. The Morgan fingerprint density at radius 1 is 1.39 bits per heavy atom. The molecule has 1 aromatic heterocycles. The van der Waals surface area contributed by atoms with E-state index in [0.29, 0.717) is 22.7 Å². The maximum atomic E-state index is 12.4. The fraction of sp³-hybridized carbons (Fsp3) is 0.267. The number of hydrogen-bond acceptors (Lipinski definition) is 5. The number of fused-ring (bicyclic) bond motifs is 2. The van der Waals surface area contributed by atoms with Crippen LogP contribution in [0.3, 0.4) is 0 Å². The van der Waals surface area contributed by atoms with Crippen LogP contribution in [0.5, 0.6) is 5.75 Å². The minimum Gasteiger partial charge on any atom is -0.482 e. The van der Waals surface area contributed by atoms with Gasteiger partial charge in [0, 0.05) is 18.7 Å². The van der Waals surface area contributed by atoms with Crippen molar-refractivity contribution in [1.29, 1.82) is 0 Å². The Balaban J connectivity index is 1.55. The summed E-state index contributed by atoms with van der Waals surface area (Å²) in [5, 5.41) is 13.0. The van der Waals surface area contributed by atoms with Crippen LogP contribution in [0, 0.1) is 0 Å². The van der Waals surface area contributed by atoms with E-state index in [1.165, 1.54) is 0 Å². The normalized spacial score (nSPS) is 15.6. The number of hydrogen-bond donors (Lipinski definition) is 3. The van der Waals surface area contributed by atoms with Gasteiger partial charge < -0.3 is 20.7 Å². The maximum Gasteiger partial charge on any atom is 0.262 e. The molecule has 2 aromatic rings. The Hall–Kier alpha value is -3.03. The molecular weight excluding hydrogens is 298 g/mol. The van der Waals surface area contributed by atoms with E-state index < -0.39 is 0 Å². The van der Waals surface area contributed by atoms with Crippen molar-refractivity contribution in [2.75, 3.05) is 29.1 Å². The number of rotatable bonds is 2. The predicted octanol–water partition coefficient (Wildman–Crippen LogP) is 1.28. The van der Waals surface area contributed by atoms with Crippen molar-refractivity contribution >= 4 is 29.0 Å². The lowest BCUT2D eigenvalue weighted by Gasteiger charge is -2.19. The molecule has 0 saturated carbocycles. The van der Waals surface area contributed by atoms with Gasteiger partial charge in [-0.2, -0.15) is 5.10 Å². The Morgan fingerprint density at radius 3 is 3.22 bits per heavy atom. The monoisotopic (exact) mass is 313 g/mol. The Morgan fingerprint density at radius 2 is 2.30 bits per heavy atom. The summed E-state index contributed by atoms with van der Waals surface area (Å²) in [5.41, 5.74) is 1.68. The number of nitrogens with zero attached hydrogens (tertiary/aromatic N) is 2. The molecule has 4 rings (SSSR count). The van der Waals surface area contributed by atoms with Crippen molar-refractivity contribution in [3.05, 3.63) is 30.0 Å². The molecule has 2 amide bonds. The molecule has 0 aliphatic carbocycles. The minimum atomic E-state index is -0.253. The van der Waals surface area contributed by atoms with Crippen LogP contribution in [0.4, 0.5) is 17.2 Å². The van der Waals surface area contributed by atoms with Crippen LogP contribution in [-0.2, 0) is 11.3 Å². The zero-order chi connectivity index (χ0) is 15.8. The first kappa shape index (κ1) is 13.6. The molecule has 3 N–H and O–H groups in total. The van der Waals surface area contributed by atoms with Gasteiger partial charge in [-0.3, -0.25) is 9.59 Å². The average Bonchev–Trinajstić information content (AvgIpc) is 2.97. The molecule has 8 nitrogen and oxygen atoms in total. The van der Waals surface area contributed by atoms with Crippen LogP contribution in [-0.4, -0.2) is 34.7 Å². The molecule has 23 heavy (non-hydrogen) atoms. The standard InChI is InChI=1S/C15H15N5O3/c21-13-8-23-12-6-9(2-3-10(12)18-13)15(22)19-11-7-17-20-5-1-4-16-14(11)20/h2-3,6-7,16H,1,4-5,8H2,(H,18,21)(H,19,22). The van der Waals surface area contributed by atoms with Gasteiger partial charge >= 0.3 is 0 Å². The fourth-order valence-corrected chi connectivity index (χ4v) is 2.68. The molecule has 3 heterocycles. The van der Waals surface area contributed by atoms with Gasteiger partial charge in [0.1, 0.15) is 17.3 Å². The second-order valence-electron chi connectivity index (χ2n) is 5.41. The molecule has 2 aliphatic rings. The van der Waals surface area contributed by atoms with Gasteiger partial charge in [0.25, 0.3) is 11.8 Å². The highest BCUT2D eigenvalue weighted by atomic mass is 16.5. The number of carbonyl (C=O) groups is 2. The highest BCUT2D eigenvalue weighted by Crippen LogP contribution is 2.29. The number of aromatic nitrogens is 2. The van der Waals surface area contributed by atoms with Crippen molar-refractivity contribution in [1.82, 2.24) is 9.78 Å². The van der Waals surface area contributed by atoms with E-state index in [-0.39, 0.29) is 18.4 Å². The number of carbonyl (C=O) groups excluding carboxylic acids is 2. The minimum absolute atomic E-state index is 0.0427. The third-order valence-electron chi connectivity index (χ3n) is 3.80. The van der Waals surface area contributed by atoms with Gasteiger partial charge in [-0.15, -0.1) is 0 Å². The van der Waals surface area contributed by atoms with Crippen LogP contribution in [0.2, 0.25) is 0 Å². The largest absolute Gasteiger partial charge is 0.482 e. The van der Waals surface area contributed by atoms with E-state index in [9.17, 15) is 9.59 Å². The summed E-state index contributed by atoms with van der Waals surface area (Å²) in [4.78, 5) is 23.7. The Bertz CT molecular complexity index is 798. The van der Waals surface area contributed by atoms with Crippen LogP contribution in [0.1, 0.15) is 16.8 Å². The Kier molecular flexibility index (Phi) is 3.14. The van der Waals surface area contributed by atoms with Crippen molar-refractivity contribution in [3.8, 4) is 5.75 Å². The average molecular weight is 313 g/mol. The van der Waals surface area contributed by atoms with E-state index in [0.717, 1.165) is 25.3 Å². The van der Waals surface area contributed by atoms with Crippen LogP contribution < -0.4 is 20.7 Å². The predicted molar refractivity (Wildman–Crippen MR) is 83.9 cm³/mol. The van der Waals surface area contributed by atoms with Gasteiger partial charge in [0.15, 0.2) is 6.61 Å². The summed E-state index contributed by atoms with van der Waals surface area (Å²) in [6.07, 6.45) is 2.65. The molecule has 8 heteroatoms. The summed E-state index contributed by atoms with van der Waals surface area (Å²) in [6, 6.07) is 4.92. The van der Waals surface area contributed by atoms with E-state index in [1.807, 2.05) is 4.68 Å². The molecule has 118 valence electrons. The van der Waals surface area contributed by atoms with E-state index in [2.05, 4.69) is 21.0 Å². The molecule has 1 aromatic carbocycles. The van der Waals surface area contributed by atoms with Crippen molar-refractivity contribution < 1.29 is 14.3 Å². The van der Waals surface area contributed by atoms with E-state index in [1.54, 1.807) is 24.4 Å². The van der Waals surface area contributed by atoms with Gasteiger partial charge in [0.05, 0.1) is 11.9 Å². The summed E-state index contributed by atoms with van der Waals surface area (Å²) in [5.74, 6) is 0.863. The molecule has 2 aliphatic heterocycles. The topological polar surface area (TPSA) is 97.3 Å². The number of ether oxygens (including phenoxy) is 1. The first-order valence-electron chi connectivity index (χ1n) is 7.38. The lowest BCUT2D eigenvalue weighted by atomic mass is 10.1. The third-order valence-corrected chi connectivity index (χ3v) is 3.80. The number of benzene rings is 1. The summed E-state index contributed by atoms with van der Waals surface area (Å²) in [6.45, 7) is 1.66. The zero-order valence-electron chi connectivity index (χ0n) is 12.3. The second kappa shape index (κ2) is 5.31. The smallest absolute Gasteiger partial charge is 0.262 e. The first-order chi connectivity index (χ1) is 11.2. The maximum absolute atomic E-state index is 12.4. The summed E-state index contributed by atoms with van der Waals surface area (Å²) in [7, 11) is 0. The molecule has 0 fully saturated rings. The molecule has 0 atom stereocenters.